The fourth-order valence-corrected chi connectivity index (χ4v) is 3.12. The minimum absolute atomic E-state index is 0.179. The lowest BCUT2D eigenvalue weighted by molar-refractivity contribution is -0.117. The highest BCUT2D eigenvalue weighted by Gasteiger charge is 2.39. The molecule has 2 aliphatic rings. The van der Waals surface area contributed by atoms with Crippen molar-refractivity contribution in [3.05, 3.63) is 0 Å². The summed E-state index contributed by atoms with van der Waals surface area (Å²) in [4.78, 5) is 22.1. The first-order chi connectivity index (χ1) is 7.69. The van der Waals surface area contributed by atoms with Crippen molar-refractivity contribution in [3.8, 4) is 0 Å². The van der Waals surface area contributed by atoms with E-state index in [4.69, 9.17) is 11.6 Å². The number of nitrogens with one attached hydrogen (secondary N) is 2. The number of imide groups is 1. The maximum Gasteiger partial charge on any atom is 0.321 e. The Bertz CT molecular complexity index is 296. The molecule has 90 valence electrons. The van der Waals surface area contributed by atoms with E-state index in [1.54, 1.807) is 0 Å². The molecule has 2 bridgehead atoms. The Morgan fingerprint density at radius 1 is 1.25 bits per heavy atom. The molecule has 0 spiro atoms. The standard InChI is InChI=1S/C11H17ClN2O2/c12-5-10(15)14-11(16)13-6-9-4-7-1-2-8(9)3-7/h7-9H,1-6H2,(H2,13,14,15,16). The van der Waals surface area contributed by atoms with Gasteiger partial charge in [-0.25, -0.2) is 4.79 Å². The van der Waals surface area contributed by atoms with E-state index in [0.717, 1.165) is 11.8 Å². The van der Waals surface area contributed by atoms with Gasteiger partial charge in [-0.1, -0.05) is 6.42 Å². The second kappa shape index (κ2) is 5.04. The molecule has 0 aromatic heterocycles. The van der Waals surface area contributed by atoms with E-state index in [9.17, 15) is 9.59 Å². The SMILES string of the molecule is O=C(CCl)NC(=O)NCC1CC2CCC1C2. The highest BCUT2D eigenvalue weighted by molar-refractivity contribution is 6.28. The molecule has 3 amide bonds. The minimum Gasteiger partial charge on any atom is -0.338 e. The van der Waals surface area contributed by atoms with E-state index in [1.807, 2.05) is 0 Å². The maximum atomic E-state index is 11.3. The molecular formula is C11H17ClN2O2. The molecule has 2 fully saturated rings. The van der Waals surface area contributed by atoms with Gasteiger partial charge in [-0.05, 0) is 37.0 Å². The monoisotopic (exact) mass is 244 g/mol. The third kappa shape index (κ3) is 2.67. The van der Waals surface area contributed by atoms with E-state index in [0.29, 0.717) is 12.5 Å². The topological polar surface area (TPSA) is 58.2 Å². The van der Waals surface area contributed by atoms with Gasteiger partial charge in [0, 0.05) is 6.54 Å². The zero-order chi connectivity index (χ0) is 11.5. The van der Waals surface area contributed by atoms with Gasteiger partial charge in [0.25, 0.3) is 0 Å². The van der Waals surface area contributed by atoms with Crippen LogP contribution in [0.5, 0.6) is 0 Å². The van der Waals surface area contributed by atoms with Crippen LogP contribution in [0.1, 0.15) is 25.7 Å². The highest BCUT2D eigenvalue weighted by Crippen LogP contribution is 2.47. The highest BCUT2D eigenvalue weighted by atomic mass is 35.5. The molecular weight excluding hydrogens is 228 g/mol. The number of rotatable bonds is 3. The molecule has 0 aromatic carbocycles. The lowest BCUT2D eigenvalue weighted by Gasteiger charge is -2.21. The molecule has 16 heavy (non-hydrogen) atoms. The zero-order valence-corrected chi connectivity index (χ0v) is 9.93. The first-order valence-electron chi connectivity index (χ1n) is 5.82. The van der Waals surface area contributed by atoms with Gasteiger partial charge in [0.1, 0.15) is 5.88 Å². The van der Waals surface area contributed by atoms with Crippen LogP contribution in [0.2, 0.25) is 0 Å². The number of amides is 3. The van der Waals surface area contributed by atoms with Crippen molar-refractivity contribution in [2.24, 2.45) is 17.8 Å². The molecule has 2 N–H and O–H groups in total. The van der Waals surface area contributed by atoms with Crippen LogP contribution in [0.3, 0.4) is 0 Å². The second-order valence-corrected chi connectivity index (χ2v) is 5.09. The van der Waals surface area contributed by atoms with E-state index in [1.165, 1.54) is 25.7 Å². The number of carbonyl (C=O) groups excluding carboxylic acids is 2. The number of alkyl halides is 1. The third-order valence-corrected chi connectivity index (χ3v) is 4.03. The molecule has 0 radical (unpaired) electrons. The average Bonchev–Trinajstić information content (AvgIpc) is 2.87. The van der Waals surface area contributed by atoms with Crippen molar-refractivity contribution in [3.63, 3.8) is 0 Å². The minimum atomic E-state index is -0.452. The molecule has 0 saturated heterocycles. The van der Waals surface area contributed by atoms with E-state index >= 15 is 0 Å². The summed E-state index contributed by atoms with van der Waals surface area (Å²) < 4.78 is 0. The molecule has 2 rings (SSSR count). The van der Waals surface area contributed by atoms with Gasteiger partial charge in [0.05, 0.1) is 0 Å². The predicted molar refractivity (Wildman–Crippen MR) is 61.2 cm³/mol. The van der Waals surface area contributed by atoms with E-state index < -0.39 is 11.9 Å². The molecule has 3 unspecified atom stereocenters. The third-order valence-electron chi connectivity index (χ3n) is 3.78. The van der Waals surface area contributed by atoms with Crippen molar-refractivity contribution >= 4 is 23.5 Å². The van der Waals surface area contributed by atoms with Crippen LogP contribution in [0.25, 0.3) is 0 Å². The summed E-state index contributed by atoms with van der Waals surface area (Å²) in [6.07, 6.45) is 5.22. The Kier molecular flexibility index (Phi) is 3.69. The summed E-state index contributed by atoms with van der Waals surface area (Å²) in [6.45, 7) is 0.683. The fraction of sp³-hybridized carbons (Fsp3) is 0.818. The summed E-state index contributed by atoms with van der Waals surface area (Å²) in [5, 5.41) is 4.92. The van der Waals surface area contributed by atoms with Crippen molar-refractivity contribution in [2.75, 3.05) is 12.4 Å². The smallest absolute Gasteiger partial charge is 0.321 e. The summed E-state index contributed by atoms with van der Waals surface area (Å²) in [5.41, 5.74) is 0. The van der Waals surface area contributed by atoms with Crippen LogP contribution in [-0.4, -0.2) is 24.4 Å². The van der Waals surface area contributed by atoms with Gasteiger partial charge < -0.3 is 5.32 Å². The number of carbonyl (C=O) groups is 2. The van der Waals surface area contributed by atoms with Gasteiger partial charge in [0.2, 0.25) is 5.91 Å². The molecule has 5 heteroatoms. The Hall–Kier alpha value is -0.770. The lowest BCUT2D eigenvalue weighted by atomic mass is 9.89. The predicted octanol–water partition coefficient (Wildman–Crippen LogP) is 1.49. The fourth-order valence-electron chi connectivity index (χ4n) is 3.05. The number of fused-ring (bicyclic) bond motifs is 2. The molecule has 2 aliphatic carbocycles. The first-order valence-corrected chi connectivity index (χ1v) is 6.36. The molecule has 0 aliphatic heterocycles. The Morgan fingerprint density at radius 3 is 2.62 bits per heavy atom. The Morgan fingerprint density at radius 2 is 2.06 bits per heavy atom. The number of hydrogen-bond donors (Lipinski definition) is 2. The molecule has 4 nitrogen and oxygen atoms in total. The van der Waals surface area contributed by atoms with Crippen molar-refractivity contribution in [1.29, 1.82) is 0 Å². The maximum absolute atomic E-state index is 11.3. The first kappa shape index (κ1) is 11.7. The quantitative estimate of drug-likeness (QED) is 0.739. The molecule has 2 saturated carbocycles. The van der Waals surface area contributed by atoms with Crippen LogP contribution in [-0.2, 0) is 4.79 Å². The average molecular weight is 245 g/mol. The van der Waals surface area contributed by atoms with Crippen LogP contribution >= 0.6 is 11.6 Å². The molecule has 3 atom stereocenters. The van der Waals surface area contributed by atoms with Gasteiger partial charge in [-0.3, -0.25) is 10.1 Å². The van der Waals surface area contributed by atoms with Gasteiger partial charge in [0.15, 0.2) is 0 Å². The van der Waals surface area contributed by atoms with Crippen molar-refractivity contribution in [1.82, 2.24) is 10.6 Å². The van der Waals surface area contributed by atoms with Crippen LogP contribution < -0.4 is 10.6 Å². The summed E-state index contributed by atoms with van der Waals surface area (Å²) in [5.74, 6) is 1.64. The van der Waals surface area contributed by atoms with Crippen LogP contribution in [0, 0.1) is 17.8 Å². The molecule has 0 aromatic rings. The summed E-state index contributed by atoms with van der Waals surface area (Å²) in [6, 6.07) is -0.423. The Balaban J connectivity index is 1.68. The number of halogens is 1. The second-order valence-electron chi connectivity index (χ2n) is 4.83. The summed E-state index contributed by atoms with van der Waals surface area (Å²) >= 11 is 5.28. The lowest BCUT2D eigenvalue weighted by Crippen LogP contribution is -2.42. The molecule has 0 heterocycles. The van der Waals surface area contributed by atoms with Gasteiger partial charge in [-0.2, -0.15) is 0 Å². The largest absolute Gasteiger partial charge is 0.338 e. The number of hydrogen-bond acceptors (Lipinski definition) is 2. The summed E-state index contributed by atoms with van der Waals surface area (Å²) in [7, 11) is 0. The van der Waals surface area contributed by atoms with Crippen molar-refractivity contribution < 1.29 is 9.59 Å². The number of urea groups is 1. The van der Waals surface area contributed by atoms with E-state index in [-0.39, 0.29) is 5.88 Å². The van der Waals surface area contributed by atoms with Gasteiger partial charge in [-0.15, -0.1) is 11.6 Å². The zero-order valence-electron chi connectivity index (χ0n) is 9.17. The van der Waals surface area contributed by atoms with Crippen LogP contribution in [0.4, 0.5) is 4.79 Å². The van der Waals surface area contributed by atoms with Crippen molar-refractivity contribution in [2.45, 2.75) is 25.7 Å². The van der Waals surface area contributed by atoms with Crippen LogP contribution in [0.15, 0.2) is 0 Å². The van der Waals surface area contributed by atoms with E-state index in [2.05, 4.69) is 10.6 Å². The van der Waals surface area contributed by atoms with Gasteiger partial charge >= 0.3 is 6.03 Å². The Labute approximate surface area is 100 Å². The normalized spacial score (nSPS) is 31.4.